The molecule has 4 aliphatic rings. The Bertz CT molecular complexity index is 2230. The monoisotopic (exact) mass is 1010 g/mol. The van der Waals surface area contributed by atoms with Gasteiger partial charge in [-0.1, -0.05) is 31.6 Å². The quantitative estimate of drug-likeness (QED) is 0.0313. The number of nitrogens with zero attached hydrogens (tertiary/aromatic N) is 3. The number of urea groups is 1. The Morgan fingerprint density at radius 2 is 1.51 bits per heavy atom. The van der Waals surface area contributed by atoms with Gasteiger partial charge < -0.3 is 50.4 Å². The van der Waals surface area contributed by atoms with E-state index in [1.807, 2.05) is 36.0 Å². The molecule has 0 spiro atoms. The molecule has 4 saturated heterocycles. The second-order valence-electron chi connectivity index (χ2n) is 18.9. The smallest absolute Gasteiger partial charge is 0.315 e. The number of hydrogen-bond acceptors (Lipinski definition) is 13. The number of carbonyl (C=O) groups excluding carboxylic acids is 5. The van der Waals surface area contributed by atoms with Gasteiger partial charge in [0.15, 0.2) is 5.78 Å². The number of ketones is 1. The van der Waals surface area contributed by atoms with Gasteiger partial charge in [-0.05, 0) is 105 Å². The number of pyridine rings is 1. The molecule has 390 valence electrons. The fourth-order valence-electron chi connectivity index (χ4n) is 9.65. The first-order valence-corrected chi connectivity index (χ1v) is 26.9. The molecule has 3 aromatic rings. The van der Waals surface area contributed by atoms with Crippen molar-refractivity contribution in [3.05, 3.63) is 101 Å². The fourth-order valence-corrected chi connectivity index (χ4v) is 11.2. The number of methoxy groups -OCH3 is 1. The molecular weight excluding hydrogens is 937 g/mol. The lowest BCUT2D eigenvalue weighted by Gasteiger charge is -2.32. The number of amides is 5. The van der Waals surface area contributed by atoms with Crippen molar-refractivity contribution in [1.29, 1.82) is 0 Å². The third-order valence-corrected chi connectivity index (χ3v) is 15.2. The van der Waals surface area contributed by atoms with Crippen molar-refractivity contribution in [1.82, 2.24) is 36.1 Å². The van der Waals surface area contributed by atoms with Gasteiger partial charge in [0.25, 0.3) is 11.8 Å². The number of fused-ring (bicyclic) bond motifs is 1. The molecule has 72 heavy (non-hydrogen) atoms. The Labute approximate surface area is 428 Å². The van der Waals surface area contributed by atoms with Crippen molar-refractivity contribution < 1.29 is 42.9 Å². The zero-order valence-electron chi connectivity index (χ0n) is 42.0. The maximum absolute atomic E-state index is 13.3. The van der Waals surface area contributed by atoms with E-state index < -0.39 is 0 Å². The summed E-state index contributed by atoms with van der Waals surface area (Å²) in [6.45, 7) is 9.00. The molecular formula is C54H74N8O9S. The predicted octanol–water partition coefficient (Wildman–Crippen LogP) is 6.21. The number of carbonyl (C=O) groups is 5. The Hall–Kier alpha value is -5.53. The highest BCUT2D eigenvalue weighted by Gasteiger charge is 2.42. The van der Waals surface area contributed by atoms with E-state index in [1.54, 1.807) is 48.4 Å². The van der Waals surface area contributed by atoms with E-state index in [4.69, 9.17) is 18.9 Å². The first-order valence-electron chi connectivity index (χ1n) is 25.9. The lowest BCUT2D eigenvalue weighted by Crippen LogP contribution is -2.44. The first-order chi connectivity index (χ1) is 35.1. The van der Waals surface area contributed by atoms with E-state index in [1.165, 1.54) is 11.9 Å². The number of piperidine rings is 2. The SMILES string of the molecule is CC/C=C(\CCCCC1SC[C@@H]2NC(=O)N[C@H]12)NCCOCCOCCOCCC(=O)Nc1ccc(CN2CCC(NC(=O)c3ccc(C(=O)N4CCC(C(=O)c5ccc(OC)cc5)CC4)cn3)CC2)cc1. The number of likely N-dealkylation sites (tertiary alicyclic amines) is 2. The van der Waals surface area contributed by atoms with Gasteiger partial charge >= 0.3 is 6.03 Å². The summed E-state index contributed by atoms with van der Waals surface area (Å²) in [5.41, 5.74) is 4.48. The molecule has 2 aromatic carbocycles. The molecule has 0 aliphatic carbocycles. The van der Waals surface area contributed by atoms with Crippen LogP contribution in [0.4, 0.5) is 10.5 Å². The second kappa shape index (κ2) is 28.6. The van der Waals surface area contributed by atoms with Crippen LogP contribution in [0.1, 0.15) is 108 Å². The normalized spacial score (nSPS) is 19.6. The van der Waals surface area contributed by atoms with Gasteiger partial charge in [0.2, 0.25) is 5.91 Å². The lowest BCUT2D eigenvalue weighted by atomic mass is 9.88. The van der Waals surface area contributed by atoms with Crippen LogP contribution >= 0.6 is 11.8 Å². The van der Waals surface area contributed by atoms with Crippen molar-refractivity contribution in [3.8, 4) is 5.75 Å². The van der Waals surface area contributed by atoms with Crippen LogP contribution in [0.25, 0.3) is 0 Å². The zero-order chi connectivity index (χ0) is 50.5. The number of rotatable bonds is 28. The minimum Gasteiger partial charge on any atom is -0.497 e. The van der Waals surface area contributed by atoms with Gasteiger partial charge in [0.1, 0.15) is 11.4 Å². The maximum atomic E-state index is 13.3. The van der Waals surface area contributed by atoms with Crippen LogP contribution in [0.15, 0.2) is 78.6 Å². The standard InChI is InChI=1S/C54H74N8O9S/c1-3-6-42(7-4-5-8-48-50-47(37-72-48)59-54(67)60-50)55-24-30-70-32-34-71-33-31-69-29-23-49(63)57-43-14-9-38(10-15-43)36-61-25-21-44(22-26-61)58-52(65)46-18-13-41(35-56-46)53(66)62-27-19-40(20-28-62)51(64)39-11-16-45(68-2)17-12-39/h6,9-18,35,40,44,47-48,50,55H,3-5,7-8,19-34,36-37H2,1-2H3,(H,57,63)(H,58,65)(H2,59,60,67)/b42-6+/t47-,48?,50-/m0/s1. The van der Waals surface area contributed by atoms with E-state index >= 15 is 0 Å². The largest absolute Gasteiger partial charge is 0.497 e. The molecule has 1 aromatic heterocycles. The number of unbranched alkanes of at least 4 members (excludes halogenated alkanes) is 1. The van der Waals surface area contributed by atoms with Crippen LogP contribution in [0.2, 0.25) is 0 Å². The van der Waals surface area contributed by atoms with E-state index in [0.717, 1.165) is 88.1 Å². The highest BCUT2D eigenvalue weighted by atomic mass is 32.2. The third-order valence-electron chi connectivity index (χ3n) is 13.7. The molecule has 0 bridgehead atoms. The van der Waals surface area contributed by atoms with Crippen LogP contribution in [-0.2, 0) is 25.5 Å². The van der Waals surface area contributed by atoms with E-state index in [2.05, 4.69) is 49.5 Å². The van der Waals surface area contributed by atoms with E-state index in [0.29, 0.717) is 87.7 Å². The summed E-state index contributed by atoms with van der Waals surface area (Å²) in [7, 11) is 1.59. The Morgan fingerprint density at radius 3 is 2.21 bits per heavy atom. The van der Waals surface area contributed by atoms with E-state index in [9.17, 15) is 24.0 Å². The third kappa shape index (κ3) is 16.8. The number of anilines is 1. The van der Waals surface area contributed by atoms with Crippen LogP contribution in [0.5, 0.6) is 5.75 Å². The molecule has 1 unspecified atom stereocenters. The number of nitrogens with one attached hydrogen (secondary N) is 5. The van der Waals surface area contributed by atoms with Gasteiger partial charge in [-0.15, -0.1) is 0 Å². The van der Waals surface area contributed by atoms with Crippen molar-refractivity contribution in [2.45, 2.75) is 101 Å². The summed E-state index contributed by atoms with van der Waals surface area (Å²) in [4.78, 5) is 72.0. The molecule has 3 atom stereocenters. The number of allylic oxidation sites excluding steroid dienone is 2. The minimum absolute atomic E-state index is 0.0219. The number of ether oxygens (including phenoxy) is 4. The molecule has 4 aliphatic heterocycles. The number of hydrogen-bond donors (Lipinski definition) is 5. The Balaban J connectivity index is 0.670. The van der Waals surface area contributed by atoms with Gasteiger partial charge in [0.05, 0.1) is 70.8 Å². The van der Waals surface area contributed by atoms with Gasteiger partial charge in [-0.25, -0.2) is 4.79 Å². The first kappa shape index (κ1) is 54.2. The molecule has 7 rings (SSSR count). The molecule has 0 radical (unpaired) electrons. The Morgan fingerprint density at radius 1 is 0.806 bits per heavy atom. The van der Waals surface area contributed by atoms with Gasteiger partial charge in [0, 0.05) is 85.4 Å². The second-order valence-corrected chi connectivity index (χ2v) is 20.2. The van der Waals surface area contributed by atoms with E-state index in [-0.39, 0.29) is 65.7 Å². The Kier molecular flexibility index (Phi) is 21.6. The van der Waals surface area contributed by atoms with Crippen molar-refractivity contribution in [2.75, 3.05) is 90.5 Å². The van der Waals surface area contributed by atoms with Gasteiger partial charge in [-0.3, -0.25) is 29.1 Å². The maximum Gasteiger partial charge on any atom is 0.315 e. The fraction of sp³-hybridized carbons (Fsp3) is 0.556. The minimum atomic E-state index is -0.258. The average Bonchev–Trinajstić information content (AvgIpc) is 3.97. The number of benzene rings is 2. The molecule has 5 N–H and O–H groups in total. The summed E-state index contributed by atoms with van der Waals surface area (Å²) >= 11 is 1.97. The number of Topliss-reactive ketones (excluding diaryl/α,β-unsaturated/α-hetero) is 1. The number of aromatic nitrogens is 1. The summed E-state index contributed by atoms with van der Waals surface area (Å²) < 4.78 is 22.2. The molecule has 0 saturated carbocycles. The summed E-state index contributed by atoms with van der Waals surface area (Å²) in [6.07, 6.45) is 12.1. The van der Waals surface area contributed by atoms with Gasteiger partial charge in [-0.2, -0.15) is 11.8 Å². The van der Waals surface area contributed by atoms with Crippen molar-refractivity contribution in [2.24, 2.45) is 5.92 Å². The molecule has 5 amide bonds. The molecule has 17 nitrogen and oxygen atoms in total. The summed E-state index contributed by atoms with van der Waals surface area (Å²) in [6, 6.07) is 18.8. The lowest BCUT2D eigenvalue weighted by molar-refractivity contribution is -0.117. The number of thioether (sulfide) groups is 1. The highest BCUT2D eigenvalue weighted by Crippen LogP contribution is 2.33. The van der Waals surface area contributed by atoms with Crippen LogP contribution < -0.4 is 31.3 Å². The topological polar surface area (TPSA) is 202 Å². The van der Waals surface area contributed by atoms with Crippen molar-refractivity contribution in [3.63, 3.8) is 0 Å². The van der Waals surface area contributed by atoms with Crippen LogP contribution in [0, 0.1) is 5.92 Å². The predicted molar refractivity (Wildman–Crippen MR) is 278 cm³/mol. The van der Waals surface area contributed by atoms with Crippen LogP contribution in [0.3, 0.4) is 0 Å². The summed E-state index contributed by atoms with van der Waals surface area (Å²) in [5, 5.41) is 16.2. The molecule has 5 heterocycles. The molecule has 4 fully saturated rings. The van der Waals surface area contributed by atoms with Crippen molar-refractivity contribution >= 4 is 47.0 Å². The van der Waals surface area contributed by atoms with Crippen LogP contribution in [-0.4, -0.2) is 153 Å². The zero-order valence-corrected chi connectivity index (χ0v) is 42.8. The average molecular weight is 1010 g/mol. The summed E-state index contributed by atoms with van der Waals surface area (Å²) in [5.74, 6) is 1.13. The molecule has 18 heteroatoms. The highest BCUT2D eigenvalue weighted by molar-refractivity contribution is 8.00.